The first-order chi connectivity index (χ1) is 35.5. The zero-order valence-electron chi connectivity index (χ0n) is 41.0. The smallest absolute Gasteiger partial charge is 0.147 e. The number of aliphatic hydroxyl groups is 3. The molecule has 0 saturated heterocycles. The van der Waals surface area contributed by atoms with Gasteiger partial charge in [-0.3, -0.25) is 0 Å². The fraction of sp³-hybridized carbons (Fsp3) is 0.321. The average Bonchev–Trinajstić information content (AvgIpc) is 3.31. The largest absolute Gasteiger partial charge is 0.488 e. The van der Waals surface area contributed by atoms with Crippen LogP contribution in [0.3, 0.4) is 0 Å². The van der Waals surface area contributed by atoms with Gasteiger partial charge >= 0.3 is 0 Å². The number of rotatable bonds is 21. The molecule has 3 atom stereocenters. The molecule has 6 rings (SSSR count). The second kappa shape index (κ2) is 30.6. The zero-order chi connectivity index (χ0) is 56.6. The van der Waals surface area contributed by atoms with Crippen LogP contribution >= 0.6 is 223 Å². The second-order valence-corrected chi connectivity index (χ2v) is 30.1. The van der Waals surface area contributed by atoms with Gasteiger partial charge in [0, 0.05) is 35.8 Å². The maximum Gasteiger partial charge on any atom is 0.147 e. The predicted octanol–water partition coefficient (Wildman–Crippen LogP) is 20.0. The number of aliphatic hydroxyl groups excluding tert-OH is 3. The Morgan fingerprint density at radius 1 is 0.329 bits per heavy atom. The normalized spacial score (nSPS) is 12.9. The third kappa shape index (κ3) is 18.4. The summed E-state index contributed by atoms with van der Waals surface area (Å²) >= 11 is 49.9. The van der Waals surface area contributed by atoms with Crippen molar-refractivity contribution in [1.82, 2.24) is 0 Å². The number of hydrogen-bond acceptors (Lipinski definition) is 9. The highest BCUT2D eigenvalue weighted by Crippen LogP contribution is 2.46. The lowest BCUT2D eigenvalue weighted by Gasteiger charge is -2.28. The molecular formula is C53H48Br14O9. The van der Waals surface area contributed by atoms with Crippen LogP contribution in [0.15, 0.2) is 135 Å². The molecule has 3 unspecified atom stereocenters. The first-order valence-electron chi connectivity index (χ1n) is 22.5. The molecule has 0 aliphatic carbocycles. The van der Waals surface area contributed by atoms with Crippen LogP contribution in [-0.2, 0) is 15.6 Å². The lowest BCUT2D eigenvalue weighted by atomic mass is 9.78. The SMILES string of the molecule is COCC(O)COc1c(Br)cc(C(C)(C)c2cc(Br)c(OCC(O)COc3c(Br)cc(Br)cc3Br)c(Br)c2)cc1Br.Cc1c(Br)cc(C(C)(C)c2cc(Br)c(OCC(O)COc3c(Br)cc(Br)cc3Br)c(Br)c2)cc1Br. The Bertz CT molecular complexity index is 2870. The Hall–Kier alpha value is 0.880. The minimum absolute atomic E-state index is 0.0339. The maximum absolute atomic E-state index is 10.5. The highest BCUT2D eigenvalue weighted by atomic mass is 79.9. The fourth-order valence-electron chi connectivity index (χ4n) is 7.08. The van der Waals surface area contributed by atoms with E-state index in [0.717, 1.165) is 84.9 Å². The maximum atomic E-state index is 10.5. The summed E-state index contributed by atoms with van der Waals surface area (Å²) in [7, 11) is 1.53. The van der Waals surface area contributed by atoms with Crippen molar-refractivity contribution < 1.29 is 43.7 Å². The van der Waals surface area contributed by atoms with Gasteiger partial charge in [0.1, 0.15) is 80.1 Å². The van der Waals surface area contributed by atoms with E-state index in [-0.39, 0.29) is 45.1 Å². The highest BCUT2D eigenvalue weighted by Gasteiger charge is 2.29. The molecule has 6 aromatic carbocycles. The number of halogens is 14. The van der Waals surface area contributed by atoms with Gasteiger partial charge in [0.05, 0.1) is 51.3 Å². The van der Waals surface area contributed by atoms with Gasteiger partial charge < -0.3 is 43.7 Å². The molecule has 3 N–H and O–H groups in total. The van der Waals surface area contributed by atoms with E-state index in [2.05, 4.69) is 282 Å². The molecule has 0 spiro atoms. The summed E-state index contributed by atoms with van der Waals surface area (Å²) in [6, 6.07) is 24.0. The summed E-state index contributed by atoms with van der Waals surface area (Å²) in [6.07, 6.45) is -2.41. The van der Waals surface area contributed by atoms with E-state index in [4.69, 9.17) is 28.4 Å². The third-order valence-electron chi connectivity index (χ3n) is 11.5. The second-order valence-electron chi connectivity index (χ2n) is 18.0. The Kier molecular flexibility index (Phi) is 27.3. The van der Waals surface area contributed by atoms with Crippen LogP contribution in [0.1, 0.15) is 55.5 Å². The molecule has 9 nitrogen and oxygen atoms in total. The van der Waals surface area contributed by atoms with Crippen molar-refractivity contribution in [3.63, 3.8) is 0 Å². The van der Waals surface area contributed by atoms with Crippen LogP contribution < -0.4 is 23.7 Å². The molecule has 0 aliphatic rings. The molecule has 0 saturated carbocycles. The summed E-state index contributed by atoms with van der Waals surface area (Å²) in [6.45, 7) is 11.2. The summed E-state index contributed by atoms with van der Waals surface area (Å²) in [5.74, 6) is 3.03. The van der Waals surface area contributed by atoms with E-state index in [1.165, 1.54) is 12.7 Å². The van der Waals surface area contributed by atoms with Crippen LogP contribution in [0, 0.1) is 6.92 Å². The quantitative estimate of drug-likeness (QED) is 0.0648. The van der Waals surface area contributed by atoms with Crippen molar-refractivity contribution in [3.05, 3.63) is 163 Å². The van der Waals surface area contributed by atoms with Crippen LogP contribution in [0.2, 0.25) is 0 Å². The van der Waals surface area contributed by atoms with Crippen molar-refractivity contribution in [2.45, 2.75) is 63.8 Å². The molecule has 0 aromatic heterocycles. The first kappa shape index (κ1) is 67.7. The van der Waals surface area contributed by atoms with Crippen molar-refractivity contribution in [2.75, 3.05) is 46.8 Å². The summed E-state index contributed by atoms with van der Waals surface area (Å²) in [5.41, 5.74) is 4.85. The van der Waals surface area contributed by atoms with Crippen LogP contribution in [0.4, 0.5) is 0 Å². The fourth-order valence-corrected chi connectivity index (χ4v) is 17.5. The molecule has 0 heterocycles. The third-order valence-corrected chi connectivity index (χ3v) is 20.0. The van der Waals surface area contributed by atoms with Gasteiger partial charge in [-0.15, -0.1) is 0 Å². The van der Waals surface area contributed by atoms with Crippen molar-refractivity contribution in [1.29, 1.82) is 0 Å². The van der Waals surface area contributed by atoms with E-state index in [1.807, 2.05) is 48.5 Å². The highest BCUT2D eigenvalue weighted by molar-refractivity contribution is 9.13. The van der Waals surface area contributed by atoms with Gasteiger partial charge in [-0.05, 0) is 267 Å². The van der Waals surface area contributed by atoms with E-state index in [1.54, 1.807) is 0 Å². The average molecular weight is 1950 g/mol. The van der Waals surface area contributed by atoms with Crippen molar-refractivity contribution in [2.24, 2.45) is 0 Å². The monoisotopic (exact) mass is 1930 g/mol. The molecule has 0 amide bonds. The zero-order valence-corrected chi connectivity index (χ0v) is 63.2. The first-order valence-corrected chi connectivity index (χ1v) is 33.6. The van der Waals surface area contributed by atoms with Crippen LogP contribution in [0.5, 0.6) is 28.7 Å². The Balaban J connectivity index is 0.000000284. The van der Waals surface area contributed by atoms with Gasteiger partial charge in [0.25, 0.3) is 0 Å². The summed E-state index contributed by atoms with van der Waals surface area (Å²) in [4.78, 5) is 0. The molecule has 23 heteroatoms. The van der Waals surface area contributed by atoms with Gasteiger partial charge in [0.15, 0.2) is 0 Å². The Labute approximate surface area is 561 Å². The molecule has 0 fully saturated rings. The molecular weight excluding hydrogens is 1900 g/mol. The van der Waals surface area contributed by atoms with E-state index < -0.39 is 23.7 Å². The standard InChI is InChI=1S/C28H27Br7O6.C25H21Br7O3/c1-28(2,14-4-19(30)25(20(31)5-14)39-11-17(36)10-38-3)15-6-21(32)26(22(33)7-15)40-12-18(37)13-41-27-23(34)8-16(29)9-24(27)35;1-12-17(27)4-13(5-18(12)28)25(2,3)14-6-19(29)23(20(30)7-14)34-10-16(33)11-35-24-21(31)8-15(26)9-22(24)32/h4-9,17-18,36-37H,10-13H2,1-3H3;4-9,16,33H,10-11H2,1-3H3. The van der Waals surface area contributed by atoms with Crippen molar-refractivity contribution in [3.8, 4) is 28.7 Å². The Morgan fingerprint density at radius 2 is 0.513 bits per heavy atom. The minimum Gasteiger partial charge on any atom is -0.488 e. The summed E-state index contributed by atoms with van der Waals surface area (Å²) < 4.78 is 45.9. The summed E-state index contributed by atoms with van der Waals surface area (Å²) in [5, 5.41) is 30.9. The van der Waals surface area contributed by atoms with E-state index >= 15 is 0 Å². The lowest BCUT2D eigenvalue weighted by molar-refractivity contribution is 0.0321. The predicted molar refractivity (Wildman–Crippen MR) is 353 cm³/mol. The molecule has 0 bridgehead atoms. The molecule has 6 aromatic rings. The minimum atomic E-state index is -0.863. The van der Waals surface area contributed by atoms with Crippen molar-refractivity contribution >= 4 is 223 Å². The van der Waals surface area contributed by atoms with E-state index in [0.29, 0.717) is 28.7 Å². The van der Waals surface area contributed by atoms with Crippen LogP contribution in [-0.4, -0.2) is 80.4 Å². The van der Waals surface area contributed by atoms with Gasteiger partial charge in [-0.2, -0.15) is 0 Å². The number of ether oxygens (including phenoxy) is 6. The number of methoxy groups -OCH3 is 1. The molecule has 0 aliphatic heterocycles. The number of benzene rings is 6. The van der Waals surface area contributed by atoms with E-state index in [9.17, 15) is 15.3 Å². The van der Waals surface area contributed by atoms with Gasteiger partial charge in [-0.1, -0.05) is 91.4 Å². The molecule has 76 heavy (non-hydrogen) atoms. The number of hydrogen-bond donors (Lipinski definition) is 3. The topological polar surface area (TPSA) is 116 Å². The van der Waals surface area contributed by atoms with Gasteiger partial charge in [0.2, 0.25) is 0 Å². The lowest BCUT2D eigenvalue weighted by Crippen LogP contribution is -2.25. The van der Waals surface area contributed by atoms with Gasteiger partial charge in [-0.25, -0.2) is 0 Å². The molecule has 0 radical (unpaired) electrons. The Morgan fingerprint density at radius 3 is 0.724 bits per heavy atom. The van der Waals surface area contributed by atoms with Crippen LogP contribution in [0.25, 0.3) is 0 Å². The molecule has 412 valence electrons.